The quantitative estimate of drug-likeness (QED) is 0.521. The maximum absolute atomic E-state index is 12.3. The van der Waals surface area contributed by atoms with Crippen molar-refractivity contribution >= 4 is 49.9 Å². The minimum Gasteiger partial charge on any atom is -0.494 e. The van der Waals surface area contributed by atoms with E-state index in [9.17, 15) is 14.9 Å². The molecule has 0 atom stereocenters. The summed E-state index contributed by atoms with van der Waals surface area (Å²) in [5.41, 5.74) is 0.513. The van der Waals surface area contributed by atoms with Crippen LogP contribution in [0.3, 0.4) is 0 Å². The lowest BCUT2D eigenvalue weighted by Crippen LogP contribution is -2.11. The van der Waals surface area contributed by atoms with Crippen LogP contribution in [0.25, 0.3) is 10.2 Å². The maximum atomic E-state index is 12.3. The first-order chi connectivity index (χ1) is 12.0. The Bertz CT molecular complexity index is 973. The molecular weight excluding hydrogens is 366 g/mol. The van der Waals surface area contributed by atoms with Gasteiger partial charge < -0.3 is 4.74 Å². The lowest BCUT2D eigenvalue weighted by atomic mass is 10.2. The SMILES string of the molecule is CCOc1ccc2sc(NC(=O)c3ccc(Cl)c([N+](=O)[O-])c3)nc2c1. The lowest BCUT2D eigenvalue weighted by molar-refractivity contribution is -0.384. The minimum absolute atomic E-state index is 0.0232. The minimum atomic E-state index is -0.633. The van der Waals surface area contributed by atoms with Gasteiger partial charge in [-0.25, -0.2) is 4.98 Å². The van der Waals surface area contributed by atoms with Crippen molar-refractivity contribution in [1.82, 2.24) is 4.98 Å². The Hall–Kier alpha value is -2.71. The summed E-state index contributed by atoms with van der Waals surface area (Å²) in [6, 6.07) is 9.36. The summed E-state index contributed by atoms with van der Waals surface area (Å²) in [4.78, 5) is 26.9. The molecule has 0 unspecified atom stereocenters. The predicted molar refractivity (Wildman–Crippen MR) is 96.8 cm³/mol. The Morgan fingerprint density at radius 1 is 1.36 bits per heavy atom. The molecule has 1 heterocycles. The van der Waals surface area contributed by atoms with Crippen molar-refractivity contribution in [2.24, 2.45) is 0 Å². The van der Waals surface area contributed by atoms with Crippen molar-refractivity contribution in [2.75, 3.05) is 11.9 Å². The van der Waals surface area contributed by atoms with Gasteiger partial charge in [0, 0.05) is 17.7 Å². The first-order valence-electron chi connectivity index (χ1n) is 7.26. The number of hydrogen-bond acceptors (Lipinski definition) is 6. The third-order valence-corrected chi connectivity index (χ3v) is 4.57. The molecule has 1 N–H and O–H groups in total. The van der Waals surface area contributed by atoms with Crippen molar-refractivity contribution in [3.8, 4) is 5.75 Å². The van der Waals surface area contributed by atoms with Gasteiger partial charge in [0.2, 0.25) is 0 Å². The fourth-order valence-corrected chi connectivity index (χ4v) is 3.21. The van der Waals surface area contributed by atoms with Gasteiger partial charge in [0.25, 0.3) is 11.6 Å². The Balaban J connectivity index is 1.84. The van der Waals surface area contributed by atoms with E-state index in [0.29, 0.717) is 23.0 Å². The zero-order chi connectivity index (χ0) is 18.0. The summed E-state index contributed by atoms with van der Waals surface area (Å²) >= 11 is 7.06. The second kappa shape index (κ2) is 7.04. The van der Waals surface area contributed by atoms with Crippen LogP contribution in [0.15, 0.2) is 36.4 Å². The molecule has 3 rings (SSSR count). The fourth-order valence-electron chi connectivity index (χ4n) is 2.18. The van der Waals surface area contributed by atoms with Crippen molar-refractivity contribution in [1.29, 1.82) is 0 Å². The number of nitrogens with zero attached hydrogens (tertiary/aromatic N) is 2. The van der Waals surface area contributed by atoms with E-state index in [1.54, 1.807) is 6.07 Å². The fraction of sp³-hybridized carbons (Fsp3) is 0.125. The van der Waals surface area contributed by atoms with E-state index in [4.69, 9.17) is 16.3 Å². The number of ether oxygens (including phenoxy) is 1. The van der Waals surface area contributed by atoms with Crippen molar-refractivity contribution < 1.29 is 14.5 Å². The molecule has 0 bridgehead atoms. The summed E-state index contributed by atoms with van der Waals surface area (Å²) in [6.45, 7) is 2.44. The smallest absolute Gasteiger partial charge is 0.288 e. The van der Waals surface area contributed by atoms with Crippen LogP contribution < -0.4 is 10.1 Å². The number of rotatable bonds is 5. The molecule has 0 fully saturated rings. The average molecular weight is 378 g/mol. The molecule has 0 spiro atoms. The van der Waals surface area contributed by atoms with Gasteiger partial charge in [-0.1, -0.05) is 22.9 Å². The number of nitro groups is 1. The van der Waals surface area contributed by atoms with Gasteiger partial charge in [0.1, 0.15) is 10.8 Å². The summed E-state index contributed by atoms with van der Waals surface area (Å²) in [5.74, 6) is 0.204. The van der Waals surface area contributed by atoms with E-state index >= 15 is 0 Å². The van der Waals surface area contributed by atoms with Crippen LogP contribution in [0, 0.1) is 10.1 Å². The highest BCUT2D eigenvalue weighted by Crippen LogP contribution is 2.30. The highest BCUT2D eigenvalue weighted by Gasteiger charge is 2.17. The van der Waals surface area contributed by atoms with E-state index in [0.717, 1.165) is 10.8 Å². The topological polar surface area (TPSA) is 94.4 Å². The van der Waals surface area contributed by atoms with E-state index in [-0.39, 0.29) is 16.3 Å². The maximum Gasteiger partial charge on any atom is 0.288 e. The number of benzene rings is 2. The van der Waals surface area contributed by atoms with Gasteiger partial charge in [-0.05, 0) is 31.2 Å². The number of carbonyl (C=O) groups is 1. The number of nitro benzene ring substituents is 1. The number of thiazole rings is 1. The third-order valence-electron chi connectivity index (χ3n) is 3.30. The van der Waals surface area contributed by atoms with Gasteiger partial charge in [-0.15, -0.1) is 0 Å². The molecule has 25 heavy (non-hydrogen) atoms. The van der Waals surface area contributed by atoms with Crippen LogP contribution in [-0.4, -0.2) is 22.4 Å². The molecule has 0 aliphatic heterocycles. The van der Waals surface area contributed by atoms with Crippen LogP contribution in [0.2, 0.25) is 5.02 Å². The number of aromatic nitrogens is 1. The predicted octanol–water partition coefficient (Wildman–Crippen LogP) is 4.51. The Kier molecular flexibility index (Phi) is 4.82. The summed E-state index contributed by atoms with van der Waals surface area (Å²) < 4.78 is 6.31. The lowest BCUT2D eigenvalue weighted by Gasteiger charge is -2.02. The van der Waals surface area contributed by atoms with E-state index in [2.05, 4.69) is 10.3 Å². The number of nitrogens with one attached hydrogen (secondary N) is 1. The summed E-state index contributed by atoms with van der Waals surface area (Å²) in [7, 11) is 0. The Morgan fingerprint density at radius 3 is 2.88 bits per heavy atom. The molecule has 9 heteroatoms. The Morgan fingerprint density at radius 2 is 2.16 bits per heavy atom. The van der Waals surface area contributed by atoms with Crippen LogP contribution >= 0.6 is 22.9 Å². The van der Waals surface area contributed by atoms with Gasteiger partial charge >= 0.3 is 0 Å². The van der Waals surface area contributed by atoms with Gasteiger partial charge in [-0.3, -0.25) is 20.2 Å². The van der Waals surface area contributed by atoms with E-state index in [1.165, 1.54) is 23.5 Å². The van der Waals surface area contributed by atoms with Crippen molar-refractivity contribution in [3.63, 3.8) is 0 Å². The van der Waals surface area contributed by atoms with Crippen LogP contribution in [0.5, 0.6) is 5.75 Å². The molecule has 0 radical (unpaired) electrons. The number of anilines is 1. The monoisotopic (exact) mass is 377 g/mol. The molecule has 0 aliphatic rings. The highest BCUT2D eigenvalue weighted by atomic mass is 35.5. The molecule has 1 amide bonds. The number of halogens is 1. The van der Waals surface area contributed by atoms with E-state index in [1.807, 2.05) is 19.1 Å². The molecule has 7 nitrogen and oxygen atoms in total. The second-order valence-electron chi connectivity index (χ2n) is 4.96. The molecule has 2 aromatic carbocycles. The molecule has 3 aromatic rings. The van der Waals surface area contributed by atoms with Gasteiger partial charge in [0.05, 0.1) is 21.7 Å². The number of fused-ring (bicyclic) bond motifs is 1. The third kappa shape index (κ3) is 3.70. The molecule has 0 saturated carbocycles. The van der Waals surface area contributed by atoms with Crippen molar-refractivity contribution in [2.45, 2.75) is 6.92 Å². The molecule has 1 aromatic heterocycles. The highest BCUT2D eigenvalue weighted by molar-refractivity contribution is 7.22. The molecular formula is C16H12ClN3O4S. The van der Waals surface area contributed by atoms with Crippen LogP contribution in [0.4, 0.5) is 10.8 Å². The van der Waals surface area contributed by atoms with Crippen LogP contribution in [-0.2, 0) is 0 Å². The average Bonchev–Trinajstić information content (AvgIpc) is 2.96. The standard InChI is InChI=1S/C16H12ClN3O4S/c1-2-24-10-4-6-14-12(8-10)18-16(25-14)19-15(21)9-3-5-11(17)13(7-9)20(22)23/h3-8H,2H2,1H3,(H,18,19,21). The molecule has 128 valence electrons. The first-order valence-corrected chi connectivity index (χ1v) is 8.46. The van der Waals surface area contributed by atoms with Crippen molar-refractivity contribution in [3.05, 3.63) is 57.1 Å². The zero-order valence-electron chi connectivity index (χ0n) is 13.0. The summed E-state index contributed by atoms with van der Waals surface area (Å²) in [6.07, 6.45) is 0. The number of hydrogen-bond donors (Lipinski definition) is 1. The molecule has 0 saturated heterocycles. The van der Waals surface area contributed by atoms with Crippen LogP contribution in [0.1, 0.15) is 17.3 Å². The normalized spacial score (nSPS) is 10.6. The first kappa shape index (κ1) is 17.1. The summed E-state index contributed by atoms with van der Waals surface area (Å²) in [5, 5.41) is 13.9. The molecule has 0 aliphatic carbocycles. The second-order valence-corrected chi connectivity index (χ2v) is 6.40. The number of carbonyl (C=O) groups excluding carboxylic acids is 1. The zero-order valence-corrected chi connectivity index (χ0v) is 14.6. The van der Waals surface area contributed by atoms with Gasteiger partial charge in [-0.2, -0.15) is 0 Å². The Labute approximate surface area is 151 Å². The largest absolute Gasteiger partial charge is 0.494 e. The van der Waals surface area contributed by atoms with E-state index < -0.39 is 10.8 Å². The van der Waals surface area contributed by atoms with Gasteiger partial charge in [0.15, 0.2) is 5.13 Å². The number of amides is 1.